The van der Waals surface area contributed by atoms with E-state index in [0.29, 0.717) is 11.5 Å². The Morgan fingerprint density at radius 3 is 2.73 bits per heavy atom. The van der Waals surface area contributed by atoms with Gasteiger partial charge in [-0.3, -0.25) is 4.98 Å². The predicted molar refractivity (Wildman–Crippen MR) is 98.4 cm³/mol. The summed E-state index contributed by atoms with van der Waals surface area (Å²) in [5, 5.41) is 0. The number of aromatic nitrogens is 2. The van der Waals surface area contributed by atoms with Crippen LogP contribution in [0.4, 0.5) is 0 Å². The summed E-state index contributed by atoms with van der Waals surface area (Å²) in [4.78, 5) is 20.5. The average molecular weight is 415 g/mol. The van der Waals surface area contributed by atoms with E-state index in [0.717, 1.165) is 10.0 Å². The lowest BCUT2D eigenvalue weighted by atomic mass is 10.2. The monoisotopic (exact) mass is 414 g/mol. The van der Waals surface area contributed by atoms with Gasteiger partial charge in [0.15, 0.2) is 0 Å². The molecule has 0 amide bonds. The van der Waals surface area contributed by atoms with Gasteiger partial charge in [0.2, 0.25) is 5.88 Å². The molecule has 0 N–H and O–H groups in total. The summed E-state index contributed by atoms with van der Waals surface area (Å²) in [5.41, 5.74) is 1.06. The van der Waals surface area contributed by atoms with E-state index in [1.165, 1.54) is 0 Å². The summed E-state index contributed by atoms with van der Waals surface area (Å²) in [6, 6.07) is 12.2. The Morgan fingerprint density at radius 1 is 1.15 bits per heavy atom. The number of hydrogen-bond acceptors (Lipinski definition) is 6. The third kappa shape index (κ3) is 4.37. The molecule has 0 saturated heterocycles. The zero-order valence-electron chi connectivity index (χ0n) is 13.9. The molecule has 0 aliphatic carbocycles. The molecule has 26 heavy (non-hydrogen) atoms. The van der Waals surface area contributed by atoms with Gasteiger partial charge in [-0.15, -0.1) is 0 Å². The average Bonchev–Trinajstić information content (AvgIpc) is 2.67. The number of methoxy groups -OCH3 is 1. The minimum absolute atomic E-state index is 0.114. The van der Waals surface area contributed by atoms with E-state index in [9.17, 15) is 4.79 Å². The van der Waals surface area contributed by atoms with Crippen molar-refractivity contribution >= 4 is 21.9 Å². The smallest absolute Gasteiger partial charge is 0.344 e. The van der Waals surface area contributed by atoms with Crippen LogP contribution < -0.4 is 9.47 Å². The second kappa shape index (κ2) is 8.44. The topological polar surface area (TPSA) is 70.5 Å². The number of ether oxygens (including phenoxy) is 3. The third-order valence-electron chi connectivity index (χ3n) is 3.43. The number of nitrogens with zero attached hydrogens (tertiary/aromatic N) is 2. The molecule has 0 unspecified atom stereocenters. The first-order valence-corrected chi connectivity index (χ1v) is 8.49. The molecular weight excluding hydrogens is 400 g/mol. The quantitative estimate of drug-likeness (QED) is 0.556. The molecule has 3 aromatic rings. The van der Waals surface area contributed by atoms with Gasteiger partial charge in [-0.25, -0.2) is 9.78 Å². The highest BCUT2D eigenvalue weighted by Gasteiger charge is 2.16. The fourth-order valence-corrected chi connectivity index (χ4v) is 2.76. The molecular formula is C19H15BrN2O4. The van der Waals surface area contributed by atoms with Crippen molar-refractivity contribution in [2.45, 2.75) is 6.61 Å². The number of esters is 1. The molecule has 0 aliphatic rings. The van der Waals surface area contributed by atoms with Gasteiger partial charge in [0.25, 0.3) is 0 Å². The van der Waals surface area contributed by atoms with E-state index in [1.807, 2.05) is 12.1 Å². The zero-order chi connectivity index (χ0) is 18.4. The van der Waals surface area contributed by atoms with Gasteiger partial charge in [-0.05, 0) is 57.9 Å². The van der Waals surface area contributed by atoms with E-state index < -0.39 is 5.97 Å². The van der Waals surface area contributed by atoms with Crippen molar-refractivity contribution in [2.24, 2.45) is 0 Å². The van der Waals surface area contributed by atoms with Crippen LogP contribution in [0.2, 0.25) is 0 Å². The zero-order valence-corrected chi connectivity index (χ0v) is 15.5. The van der Waals surface area contributed by atoms with E-state index in [2.05, 4.69) is 25.9 Å². The van der Waals surface area contributed by atoms with Gasteiger partial charge in [0.1, 0.15) is 23.7 Å². The molecule has 6 nitrogen and oxygen atoms in total. The molecule has 3 rings (SSSR count). The number of carbonyl (C=O) groups is 1. The summed E-state index contributed by atoms with van der Waals surface area (Å²) < 4.78 is 17.0. The van der Waals surface area contributed by atoms with Gasteiger partial charge < -0.3 is 14.2 Å². The molecule has 0 fully saturated rings. The molecule has 7 heteroatoms. The van der Waals surface area contributed by atoms with Crippen molar-refractivity contribution in [1.29, 1.82) is 0 Å². The van der Waals surface area contributed by atoms with Crippen LogP contribution >= 0.6 is 15.9 Å². The summed E-state index contributed by atoms with van der Waals surface area (Å²) in [6.45, 7) is 0.114. The van der Waals surface area contributed by atoms with Crippen molar-refractivity contribution in [1.82, 2.24) is 9.97 Å². The molecule has 2 aromatic heterocycles. The first-order valence-electron chi connectivity index (χ1n) is 7.70. The highest BCUT2D eigenvalue weighted by molar-refractivity contribution is 9.10. The fourth-order valence-electron chi connectivity index (χ4n) is 2.17. The summed E-state index contributed by atoms with van der Waals surface area (Å²) >= 11 is 3.41. The fraction of sp³-hybridized carbons (Fsp3) is 0.105. The minimum atomic E-state index is -0.524. The Balaban J connectivity index is 1.71. The summed E-state index contributed by atoms with van der Waals surface area (Å²) in [5.74, 6) is 0.837. The Kier molecular flexibility index (Phi) is 5.80. The van der Waals surface area contributed by atoms with Gasteiger partial charge in [0, 0.05) is 12.4 Å². The first kappa shape index (κ1) is 17.9. The van der Waals surface area contributed by atoms with Crippen LogP contribution in [-0.2, 0) is 11.3 Å². The van der Waals surface area contributed by atoms with E-state index in [1.54, 1.807) is 56.0 Å². The Labute approximate surface area is 158 Å². The molecule has 2 heterocycles. The molecule has 0 atom stereocenters. The SMILES string of the molecule is COc1ccc(COC(=O)c2cccnc2Oc2cccnc2)cc1Br. The number of carbonyl (C=O) groups excluding carboxylic acids is 1. The van der Waals surface area contributed by atoms with Crippen molar-refractivity contribution < 1.29 is 19.0 Å². The second-order valence-corrected chi connectivity index (χ2v) is 6.05. The lowest BCUT2D eigenvalue weighted by molar-refractivity contribution is 0.0469. The second-order valence-electron chi connectivity index (χ2n) is 5.19. The number of benzene rings is 1. The maximum absolute atomic E-state index is 12.4. The van der Waals surface area contributed by atoms with Crippen LogP contribution in [-0.4, -0.2) is 23.0 Å². The Bertz CT molecular complexity index is 903. The predicted octanol–water partition coefficient (Wildman–Crippen LogP) is 4.40. The largest absolute Gasteiger partial charge is 0.496 e. The molecule has 0 bridgehead atoms. The van der Waals surface area contributed by atoms with Crippen molar-refractivity contribution in [3.8, 4) is 17.4 Å². The van der Waals surface area contributed by atoms with Crippen molar-refractivity contribution in [3.05, 3.63) is 76.7 Å². The van der Waals surface area contributed by atoms with E-state index >= 15 is 0 Å². The van der Waals surface area contributed by atoms with Gasteiger partial charge in [-0.1, -0.05) is 6.07 Å². The van der Waals surface area contributed by atoms with Crippen LogP contribution in [0.15, 0.2) is 65.5 Å². The highest BCUT2D eigenvalue weighted by Crippen LogP contribution is 2.26. The minimum Gasteiger partial charge on any atom is -0.496 e. The van der Waals surface area contributed by atoms with Crippen LogP contribution in [0, 0.1) is 0 Å². The molecule has 132 valence electrons. The number of pyridine rings is 2. The van der Waals surface area contributed by atoms with Crippen LogP contribution in [0.25, 0.3) is 0 Å². The first-order chi connectivity index (χ1) is 12.7. The van der Waals surface area contributed by atoms with Gasteiger partial charge in [0.05, 0.1) is 17.8 Å². The van der Waals surface area contributed by atoms with Gasteiger partial charge in [-0.2, -0.15) is 0 Å². The van der Waals surface area contributed by atoms with Crippen LogP contribution in [0.5, 0.6) is 17.4 Å². The maximum Gasteiger partial charge on any atom is 0.344 e. The highest BCUT2D eigenvalue weighted by atomic mass is 79.9. The molecule has 0 radical (unpaired) electrons. The van der Waals surface area contributed by atoms with E-state index in [-0.39, 0.29) is 18.1 Å². The number of hydrogen-bond donors (Lipinski definition) is 0. The maximum atomic E-state index is 12.4. The number of halogens is 1. The standard InChI is InChI=1S/C19H15BrN2O4/c1-24-17-7-6-13(10-16(17)20)12-25-19(23)15-5-3-9-22-18(15)26-14-4-2-8-21-11-14/h2-11H,12H2,1H3. The van der Waals surface area contributed by atoms with Crippen LogP contribution in [0.3, 0.4) is 0 Å². The normalized spacial score (nSPS) is 10.2. The van der Waals surface area contributed by atoms with Crippen molar-refractivity contribution in [3.63, 3.8) is 0 Å². The van der Waals surface area contributed by atoms with E-state index in [4.69, 9.17) is 14.2 Å². The third-order valence-corrected chi connectivity index (χ3v) is 4.05. The van der Waals surface area contributed by atoms with Gasteiger partial charge >= 0.3 is 5.97 Å². The number of rotatable bonds is 6. The van der Waals surface area contributed by atoms with Crippen LogP contribution in [0.1, 0.15) is 15.9 Å². The molecule has 1 aromatic carbocycles. The molecule has 0 spiro atoms. The molecule has 0 aliphatic heterocycles. The summed E-state index contributed by atoms with van der Waals surface area (Å²) in [7, 11) is 1.59. The summed E-state index contributed by atoms with van der Waals surface area (Å²) in [6.07, 6.45) is 4.72. The Hall–Kier alpha value is -2.93. The Morgan fingerprint density at radius 2 is 2.00 bits per heavy atom. The lowest BCUT2D eigenvalue weighted by Gasteiger charge is -2.10. The lowest BCUT2D eigenvalue weighted by Crippen LogP contribution is -2.08. The van der Waals surface area contributed by atoms with Crippen molar-refractivity contribution in [2.75, 3.05) is 7.11 Å². The molecule has 0 saturated carbocycles.